The first kappa shape index (κ1) is 14.3. The molecule has 0 fully saturated rings. The van der Waals surface area contributed by atoms with Crippen LogP contribution in [0.4, 0.5) is 5.69 Å². The largest absolute Gasteiger partial charge is 0.396 e. The summed E-state index contributed by atoms with van der Waals surface area (Å²) >= 11 is 7.49. The Morgan fingerprint density at radius 2 is 2.29 bits per heavy atom. The van der Waals surface area contributed by atoms with Gasteiger partial charge in [0.2, 0.25) is 0 Å². The van der Waals surface area contributed by atoms with Crippen LogP contribution in [0, 0.1) is 16.0 Å². The molecule has 0 aromatic heterocycles. The topological polar surface area (TPSA) is 63.4 Å². The summed E-state index contributed by atoms with van der Waals surface area (Å²) in [6.07, 6.45) is 0. The molecule has 0 amide bonds. The van der Waals surface area contributed by atoms with Crippen LogP contribution in [0.2, 0.25) is 5.02 Å². The molecule has 4 nitrogen and oxygen atoms in total. The lowest BCUT2D eigenvalue weighted by Gasteiger charge is -2.08. The Bertz CT molecular complexity index is 400. The molecule has 0 aliphatic carbocycles. The van der Waals surface area contributed by atoms with Crippen LogP contribution in [0.1, 0.15) is 12.5 Å². The number of halogens is 1. The lowest BCUT2D eigenvalue weighted by Crippen LogP contribution is -2.04. The molecule has 0 radical (unpaired) electrons. The molecular weight excluding hydrogens is 262 g/mol. The van der Waals surface area contributed by atoms with Gasteiger partial charge in [0.1, 0.15) is 0 Å². The second kappa shape index (κ2) is 6.83. The fourth-order valence-electron chi connectivity index (χ4n) is 1.28. The van der Waals surface area contributed by atoms with Crippen molar-refractivity contribution in [1.29, 1.82) is 0 Å². The van der Waals surface area contributed by atoms with E-state index in [0.29, 0.717) is 16.3 Å². The predicted molar refractivity (Wildman–Crippen MR) is 70.5 cm³/mol. The molecule has 0 aliphatic rings. The highest BCUT2D eigenvalue weighted by Crippen LogP contribution is 2.30. The quantitative estimate of drug-likeness (QED) is 0.640. The first-order valence-electron chi connectivity index (χ1n) is 5.16. The maximum Gasteiger partial charge on any atom is 0.274 e. The summed E-state index contributed by atoms with van der Waals surface area (Å²) in [5.74, 6) is 1.42. The van der Waals surface area contributed by atoms with Crippen LogP contribution in [0.5, 0.6) is 0 Å². The number of nitrogens with zero attached hydrogens (tertiary/aromatic N) is 1. The van der Waals surface area contributed by atoms with E-state index in [9.17, 15) is 10.1 Å². The van der Waals surface area contributed by atoms with Gasteiger partial charge in [0, 0.05) is 18.4 Å². The van der Waals surface area contributed by atoms with E-state index in [1.165, 1.54) is 17.8 Å². The number of hydrogen-bond donors (Lipinski definition) is 1. The minimum atomic E-state index is -0.419. The predicted octanol–water partition coefficient (Wildman–Crippen LogP) is 3.11. The van der Waals surface area contributed by atoms with Crippen LogP contribution < -0.4 is 0 Å². The summed E-state index contributed by atoms with van der Waals surface area (Å²) in [5.41, 5.74) is 0.607. The molecule has 0 saturated heterocycles. The molecule has 1 atom stereocenters. The number of thioether (sulfide) groups is 1. The van der Waals surface area contributed by atoms with Gasteiger partial charge in [-0.05, 0) is 17.7 Å². The van der Waals surface area contributed by atoms with E-state index in [-0.39, 0.29) is 18.2 Å². The first-order chi connectivity index (χ1) is 8.06. The zero-order chi connectivity index (χ0) is 12.8. The molecule has 94 valence electrons. The van der Waals surface area contributed by atoms with E-state index < -0.39 is 4.92 Å². The standard InChI is InChI=1S/C11H14ClNO3S/c1-8(5-14)6-17-7-9-10(12)3-2-4-11(9)13(15)16/h2-4,8,14H,5-7H2,1H3. The Kier molecular flexibility index (Phi) is 5.74. The van der Waals surface area contributed by atoms with Gasteiger partial charge in [-0.2, -0.15) is 11.8 Å². The minimum Gasteiger partial charge on any atom is -0.396 e. The molecule has 1 aromatic carbocycles. The number of benzene rings is 1. The van der Waals surface area contributed by atoms with E-state index in [4.69, 9.17) is 16.7 Å². The number of nitro groups is 1. The summed E-state index contributed by atoms with van der Waals surface area (Å²) in [6, 6.07) is 4.68. The van der Waals surface area contributed by atoms with Crippen molar-refractivity contribution in [3.05, 3.63) is 38.9 Å². The molecule has 1 rings (SSSR count). The second-order valence-corrected chi connectivity index (χ2v) is 5.23. The molecule has 1 unspecified atom stereocenters. The van der Waals surface area contributed by atoms with Crippen molar-refractivity contribution in [2.24, 2.45) is 5.92 Å². The molecule has 17 heavy (non-hydrogen) atoms. The van der Waals surface area contributed by atoms with Gasteiger partial charge < -0.3 is 5.11 Å². The number of rotatable bonds is 6. The summed E-state index contributed by atoms with van der Waals surface area (Å²) < 4.78 is 0. The van der Waals surface area contributed by atoms with E-state index in [2.05, 4.69) is 0 Å². The number of hydrogen-bond acceptors (Lipinski definition) is 4. The molecule has 6 heteroatoms. The van der Waals surface area contributed by atoms with Gasteiger partial charge in [-0.25, -0.2) is 0 Å². The Labute approximate surface area is 109 Å². The Morgan fingerprint density at radius 1 is 1.59 bits per heavy atom. The maximum absolute atomic E-state index is 10.8. The normalized spacial score (nSPS) is 12.4. The van der Waals surface area contributed by atoms with Crippen molar-refractivity contribution in [2.75, 3.05) is 12.4 Å². The third-order valence-electron chi connectivity index (χ3n) is 2.25. The molecule has 1 N–H and O–H groups in total. The van der Waals surface area contributed by atoms with Gasteiger partial charge in [0.15, 0.2) is 0 Å². The number of aliphatic hydroxyl groups excluding tert-OH is 1. The summed E-state index contributed by atoms with van der Waals surface area (Å²) in [5, 5.41) is 20.1. The SMILES string of the molecule is CC(CO)CSCc1c(Cl)cccc1[N+](=O)[O-]. The van der Waals surface area contributed by atoms with Crippen LogP contribution in [0.3, 0.4) is 0 Å². The third-order valence-corrected chi connectivity index (χ3v) is 3.90. The molecule has 0 saturated carbocycles. The van der Waals surface area contributed by atoms with Gasteiger partial charge >= 0.3 is 0 Å². The van der Waals surface area contributed by atoms with Crippen LogP contribution in [0.25, 0.3) is 0 Å². The summed E-state index contributed by atoms with van der Waals surface area (Å²) in [7, 11) is 0. The highest BCUT2D eigenvalue weighted by molar-refractivity contribution is 7.98. The second-order valence-electron chi connectivity index (χ2n) is 3.80. The van der Waals surface area contributed by atoms with Crippen LogP contribution in [-0.4, -0.2) is 22.4 Å². The zero-order valence-electron chi connectivity index (χ0n) is 9.43. The Morgan fingerprint density at radius 3 is 2.88 bits per heavy atom. The monoisotopic (exact) mass is 275 g/mol. The highest BCUT2D eigenvalue weighted by atomic mass is 35.5. The maximum atomic E-state index is 10.8. The van der Waals surface area contributed by atoms with E-state index in [0.717, 1.165) is 5.75 Å². The molecule has 0 aliphatic heterocycles. The highest BCUT2D eigenvalue weighted by Gasteiger charge is 2.16. The fourth-order valence-corrected chi connectivity index (χ4v) is 2.72. The molecular formula is C11H14ClNO3S. The minimum absolute atomic E-state index is 0.0571. The summed E-state index contributed by atoms with van der Waals surface area (Å²) in [6.45, 7) is 2.05. The van der Waals surface area contributed by atoms with Crippen molar-refractivity contribution in [2.45, 2.75) is 12.7 Å². The van der Waals surface area contributed by atoms with Crippen LogP contribution in [0.15, 0.2) is 18.2 Å². The van der Waals surface area contributed by atoms with E-state index >= 15 is 0 Å². The smallest absolute Gasteiger partial charge is 0.274 e. The lowest BCUT2D eigenvalue weighted by molar-refractivity contribution is -0.385. The van der Waals surface area contributed by atoms with Gasteiger partial charge in [-0.3, -0.25) is 10.1 Å². The Balaban J connectivity index is 2.72. The van der Waals surface area contributed by atoms with Gasteiger partial charge in [-0.15, -0.1) is 0 Å². The zero-order valence-corrected chi connectivity index (χ0v) is 11.0. The van der Waals surface area contributed by atoms with E-state index in [1.54, 1.807) is 12.1 Å². The lowest BCUT2D eigenvalue weighted by atomic mass is 10.2. The molecule has 0 bridgehead atoms. The molecule has 0 heterocycles. The first-order valence-corrected chi connectivity index (χ1v) is 6.70. The van der Waals surface area contributed by atoms with Crippen LogP contribution in [-0.2, 0) is 5.75 Å². The third kappa shape index (κ3) is 4.18. The number of aliphatic hydroxyl groups is 1. The molecule has 1 aromatic rings. The fraction of sp³-hybridized carbons (Fsp3) is 0.455. The van der Waals surface area contributed by atoms with Gasteiger partial charge in [-0.1, -0.05) is 24.6 Å². The average molecular weight is 276 g/mol. The van der Waals surface area contributed by atoms with E-state index in [1.807, 2.05) is 6.92 Å². The van der Waals surface area contributed by atoms with Crippen molar-refractivity contribution < 1.29 is 10.0 Å². The number of nitro benzene ring substituents is 1. The Hall–Kier alpha value is -0.780. The summed E-state index contributed by atoms with van der Waals surface area (Å²) in [4.78, 5) is 10.4. The van der Waals surface area contributed by atoms with Crippen molar-refractivity contribution >= 4 is 29.1 Å². The van der Waals surface area contributed by atoms with Crippen molar-refractivity contribution in [3.8, 4) is 0 Å². The average Bonchev–Trinajstić information content (AvgIpc) is 2.30. The van der Waals surface area contributed by atoms with Crippen LogP contribution >= 0.6 is 23.4 Å². The van der Waals surface area contributed by atoms with Gasteiger partial charge in [0.05, 0.1) is 15.5 Å². The van der Waals surface area contributed by atoms with Gasteiger partial charge in [0.25, 0.3) is 5.69 Å². The van der Waals surface area contributed by atoms with Crippen molar-refractivity contribution in [1.82, 2.24) is 0 Å². The molecule has 0 spiro atoms. The van der Waals surface area contributed by atoms with Crippen molar-refractivity contribution in [3.63, 3.8) is 0 Å².